The average Bonchev–Trinajstić information content (AvgIpc) is 2.39. The van der Waals surface area contributed by atoms with Crippen LogP contribution in [0.4, 0.5) is 0 Å². The Balaban J connectivity index is 2.37. The molecule has 1 unspecified atom stereocenters. The van der Waals surface area contributed by atoms with Crippen molar-refractivity contribution in [2.24, 2.45) is 0 Å². The molecule has 1 aromatic carbocycles. The predicted octanol–water partition coefficient (Wildman–Crippen LogP) is 2.73. The molecule has 1 heterocycles. The number of benzene rings is 1. The molecule has 0 bridgehead atoms. The number of aromatic nitrogens is 1. The molecule has 0 aliphatic heterocycles. The lowest BCUT2D eigenvalue weighted by molar-refractivity contribution is 0.219. The van der Waals surface area contributed by atoms with Crippen molar-refractivity contribution in [2.45, 2.75) is 19.4 Å². The van der Waals surface area contributed by atoms with Crippen LogP contribution in [0.5, 0.6) is 0 Å². The molecule has 16 heavy (non-hydrogen) atoms. The molecule has 82 valence electrons. The number of hydrogen-bond donors (Lipinski definition) is 1. The van der Waals surface area contributed by atoms with Gasteiger partial charge in [-0.15, -0.1) is 0 Å². The molecule has 0 fully saturated rings. The second kappa shape index (κ2) is 4.90. The Labute approximate surface area is 95.6 Å². The van der Waals surface area contributed by atoms with Crippen molar-refractivity contribution in [1.82, 2.24) is 4.98 Å². The van der Waals surface area contributed by atoms with Crippen LogP contribution in [0.3, 0.4) is 0 Å². The van der Waals surface area contributed by atoms with Gasteiger partial charge in [0.2, 0.25) is 0 Å². The van der Waals surface area contributed by atoms with Gasteiger partial charge in [0.05, 0.1) is 0 Å². The van der Waals surface area contributed by atoms with E-state index in [1.165, 1.54) is 5.56 Å². The van der Waals surface area contributed by atoms with Crippen LogP contribution in [0.1, 0.15) is 29.7 Å². The Bertz CT molecular complexity index is 453. The maximum absolute atomic E-state index is 10.3. The number of pyridine rings is 1. The lowest BCUT2D eigenvalue weighted by Gasteiger charge is -2.14. The van der Waals surface area contributed by atoms with Gasteiger partial charge in [0.25, 0.3) is 0 Å². The second-order valence-corrected chi connectivity index (χ2v) is 3.74. The van der Waals surface area contributed by atoms with Crippen LogP contribution in [0.2, 0.25) is 0 Å². The van der Waals surface area contributed by atoms with E-state index in [1.54, 1.807) is 12.4 Å². The highest BCUT2D eigenvalue weighted by Crippen LogP contribution is 2.24. The summed E-state index contributed by atoms with van der Waals surface area (Å²) in [5.41, 5.74) is 2.99. The minimum absolute atomic E-state index is 0.579. The highest BCUT2D eigenvalue weighted by Gasteiger charge is 2.12. The van der Waals surface area contributed by atoms with Crippen molar-refractivity contribution in [1.29, 1.82) is 0 Å². The lowest BCUT2D eigenvalue weighted by atomic mass is 9.96. The minimum atomic E-state index is -0.579. The number of rotatable bonds is 3. The third-order valence-corrected chi connectivity index (χ3v) is 2.73. The molecular weight excluding hydrogens is 198 g/mol. The standard InChI is InChI=1S/C14H15NO/c1-2-11-6-3-4-8-13(11)14(16)12-7-5-9-15-10-12/h3-10,14,16H,2H2,1H3. The first kappa shape index (κ1) is 10.8. The monoisotopic (exact) mass is 213 g/mol. The summed E-state index contributed by atoms with van der Waals surface area (Å²) < 4.78 is 0. The summed E-state index contributed by atoms with van der Waals surface area (Å²) in [7, 11) is 0. The first-order valence-corrected chi connectivity index (χ1v) is 5.48. The zero-order valence-corrected chi connectivity index (χ0v) is 9.30. The Morgan fingerprint density at radius 2 is 2.00 bits per heavy atom. The quantitative estimate of drug-likeness (QED) is 0.850. The summed E-state index contributed by atoms with van der Waals surface area (Å²) >= 11 is 0. The van der Waals surface area contributed by atoms with Gasteiger partial charge < -0.3 is 5.11 Å². The Hall–Kier alpha value is -1.67. The van der Waals surface area contributed by atoms with Gasteiger partial charge in [-0.1, -0.05) is 37.3 Å². The van der Waals surface area contributed by atoms with Crippen molar-refractivity contribution in [2.75, 3.05) is 0 Å². The third-order valence-electron chi connectivity index (χ3n) is 2.73. The smallest absolute Gasteiger partial charge is 0.106 e. The van der Waals surface area contributed by atoms with Gasteiger partial charge >= 0.3 is 0 Å². The number of aryl methyl sites for hydroxylation is 1. The molecule has 0 saturated heterocycles. The van der Waals surface area contributed by atoms with E-state index in [0.717, 1.165) is 17.5 Å². The number of hydrogen-bond acceptors (Lipinski definition) is 2. The molecule has 2 nitrogen and oxygen atoms in total. The molecule has 0 spiro atoms. The molecule has 2 rings (SSSR count). The molecule has 1 atom stereocenters. The number of nitrogens with zero attached hydrogens (tertiary/aromatic N) is 1. The number of aliphatic hydroxyl groups is 1. The van der Waals surface area contributed by atoms with Crippen LogP contribution >= 0.6 is 0 Å². The summed E-state index contributed by atoms with van der Waals surface area (Å²) in [5, 5.41) is 10.3. The maximum Gasteiger partial charge on any atom is 0.106 e. The van der Waals surface area contributed by atoms with E-state index < -0.39 is 6.10 Å². The van der Waals surface area contributed by atoms with E-state index in [0.29, 0.717) is 0 Å². The van der Waals surface area contributed by atoms with Crippen molar-refractivity contribution in [3.8, 4) is 0 Å². The Morgan fingerprint density at radius 1 is 1.19 bits per heavy atom. The van der Waals surface area contributed by atoms with E-state index in [-0.39, 0.29) is 0 Å². The molecule has 1 aromatic heterocycles. The molecule has 0 radical (unpaired) electrons. The van der Waals surface area contributed by atoms with Crippen LogP contribution in [-0.4, -0.2) is 10.1 Å². The Kier molecular flexibility index (Phi) is 3.32. The SMILES string of the molecule is CCc1ccccc1C(O)c1cccnc1. The van der Waals surface area contributed by atoms with Crippen molar-refractivity contribution in [3.63, 3.8) is 0 Å². The summed E-state index contributed by atoms with van der Waals surface area (Å²) in [6.07, 6.45) is 3.76. The zero-order chi connectivity index (χ0) is 11.4. The van der Waals surface area contributed by atoms with Crippen LogP contribution in [0.25, 0.3) is 0 Å². The number of aliphatic hydroxyl groups excluding tert-OH is 1. The first-order chi connectivity index (χ1) is 7.83. The van der Waals surface area contributed by atoms with Gasteiger partial charge in [-0.05, 0) is 23.6 Å². The van der Waals surface area contributed by atoms with E-state index in [1.807, 2.05) is 30.3 Å². The topological polar surface area (TPSA) is 33.1 Å². The summed E-state index contributed by atoms with van der Waals surface area (Å²) in [5.74, 6) is 0. The van der Waals surface area contributed by atoms with Gasteiger partial charge in [0, 0.05) is 18.0 Å². The predicted molar refractivity (Wildman–Crippen MR) is 64.1 cm³/mol. The van der Waals surface area contributed by atoms with Gasteiger partial charge in [-0.3, -0.25) is 4.98 Å². The summed E-state index contributed by atoms with van der Waals surface area (Å²) in [6, 6.07) is 11.7. The molecule has 0 aliphatic rings. The van der Waals surface area contributed by atoms with Crippen LogP contribution in [0, 0.1) is 0 Å². The fourth-order valence-corrected chi connectivity index (χ4v) is 1.84. The molecule has 1 N–H and O–H groups in total. The zero-order valence-electron chi connectivity index (χ0n) is 9.30. The van der Waals surface area contributed by atoms with Gasteiger partial charge in [-0.2, -0.15) is 0 Å². The normalized spacial score (nSPS) is 12.4. The average molecular weight is 213 g/mol. The van der Waals surface area contributed by atoms with Crippen LogP contribution in [-0.2, 0) is 6.42 Å². The molecule has 0 saturated carbocycles. The van der Waals surface area contributed by atoms with E-state index in [4.69, 9.17) is 0 Å². The summed E-state index contributed by atoms with van der Waals surface area (Å²) in [4.78, 5) is 4.03. The molecule has 2 aromatic rings. The minimum Gasteiger partial charge on any atom is -0.384 e. The van der Waals surface area contributed by atoms with Crippen LogP contribution in [0.15, 0.2) is 48.8 Å². The van der Waals surface area contributed by atoms with E-state index >= 15 is 0 Å². The van der Waals surface area contributed by atoms with Gasteiger partial charge in [-0.25, -0.2) is 0 Å². The van der Waals surface area contributed by atoms with Gasteiger partial charge in [0.1, 0.15) is 6.10 Å². The van der Waals surface area contributed by atoms with E-state index in [9.17, 15) is 5.11 Å². The lowest BCUT2D eigenvalue weighted by Crippen LogP contribution is -2.03. The molecular formula is C14H15NO. The van der Waals surface area contributed by atoms with Crippen molar-refractivity contribution >= 4 is 0 Å². The van der Waals surface area contributed by atoms with E-state index in [2.05, 4.69) is 18.0 Å². The van der Waals surface area contributed by atoms with Crippen LogP contribution < -0.4 is 0 Å². The highest BCUT2D eigenvalue weighted by molar-refractivity contribution is 5.34. The second-order valence-electron chi connectivity index (χ2n) is 3.74. The largest absolute Gasteiger partial charge is 0.384 e. The Morgan fingerprint density at radius 3 is 2.69 bits per heavy atom. The van der Waals surface area contributed by atoms with Gasteiger partial charge in [0.15, 0.2) is 0 Å². The fourth-order valence-electron chi connectivity index (χ4n) is 1.84. The molecule has 0 aliphatic carbocycles. The molecule has 0 amide bonds. The molecule has 2 heteroatoms. The fraction of sp³-hybridized carbons (Fsp3) is 0.214. The maximum atomic E-state index is 10.3. The van der Waals surface area contributed by atoms with Crippen molar-refractivity contribution in [3.05, 3.63) is 65.5 Å². The summed E-state index contributed by atoms with van der Waals surface area (Å²) in [6.45, 7) is 2.09. The highest BCUT2D eigenvalue weighted by atomic mass is 16.3. The first-order valence-electron chi connectivity index (χ1n) is 5.48. The third kappa shape index (κ3) is 2.12. The van der Waals surface area contributed by atoms with Crippen molar-refractivity contribution < 1.29 is 5.11 Å².